The van der Waals surface area contributed by atoms with Gasteiger partial charge >= 0.3 is 5.97 Å². The van der Waals surface area contributed by atoms with Gasteiger partial charge in [-0.05, 0) is 44.4 Å². The molecular weight excluding hydrogens is 424 g/mol. The molecule has 0 aromatic carbocycles. The number of unbranched alkanes of at least 4 members (excludes halogenated alkanes) is 1. The average Bonchev–Trinajstić information content (AvgIpc) is 3.27. The quantitative estimate of drug-likeness (QED) is 0.372. The molecule has 2 amide bonds. The van der Waals surface area contributed by atoms with Crippen molar-refractivity contribution in [2.45, 2.75) is 116 Å². The highest BCUT2D eigenvalue weighted by atomic mass is 16.5. The molecule has 190 valence electrons. The van der Waals surface area contributed by atoms with Gasteiger partial charge in [-0.3, -0.25) is 9.59 Å². The molecule has 2 heterocycles. The van der Waals surface area contributed by atoms with E-state index < -0.39 is 36.2 Å². The van der Waals surface area contributed by atoms with Crippen molar-refractivity contribution in [3.8, 4) is 0 Å². The van der Waals surface area contributed by atoms with E-state index in [1.807, 2.05) is 20.8 Å². The van der Waals surface area contributed by atoms with Crippen molar-refractivity contribution >= 4 is 17.8 Å². The second-order valence-electron chi connectivity index (χ2n) is 10.2. The van der Waals surface area contributed by atoms with Crippen molar-refractivity contribution in [3.05, 3.63) is 0 Å². The number of esters is 1. The van der Waals surface area contributed by atoms with Gasteiger partial charge in [0.25, 0.3) is 0 Å². The molecule has 0 aromatic rings. The first-order valence-corrected chi connectivity index (χ1v) is 12.7. The van der Waals surface area contributed by atoms with Crippen molar-refractivity contribution in [1.29, 1.82) is 0 Å². The van der Waals surface area contributed by atoms with Crippen molar-refractivity contribution in [1.82, 2.24) is 10.2 Å². The number of nitrogens with zero attached hydrogens (tertiary/aromatic N) is 1. The molecule has 0 spiro atoms. The van der Waals surface area contributed by atoms with Gasteiger partial charge in [0, 0.05) is 13.0 Å². The lowest BCUT2D eigenvalue weighted by atomic mass is 9.88. The highest BCUT2D eigenvalue weighted by Gasteiger charge is 2.42. The van der Waals surface area contributed by atoms with Crippen LogP contribution >= 0.6 is 0 Å². The molecule has 0 bridgehead atoms. The Morgan fingerprint density at radius 1 is 1.12 bits per heavy atom. The summed E-state index contributed by atoms with van der Waals surface area (Å²) in [7, 11) is 0. The highest BCUT2D eigenvalue weighted by Crippen LogP contribution is 2.28. The van der Waals surface area contributed by atoms with Crippen LogP contribution in [0.1, 0.15) is 86.0 Å². The van der Waals surface area contributed by atoms with Gasteiger partial charge in [-0.2, -0.15) is 0 Å². The summed E-state index contributed by atoms with van der Waals surface area (Å²) < 4.78 is 5.93. The van der Waals surface area contributed by atoms with E-state index in [0.717, 1.165) is 19.3 Å². The largest absolute Gasteiger partial charge is 0.460 e. The number of amides is 2. The van der Waals surface area contributed by atoms with Crippen LogP contribution in [0.5, 0.6) is 0 Å². The van der Waals surface area contributed by atoms with E-state index in [9.17, 15) is 24.6 Å². The van der Waals surface area contributed by atoms with E-state index in [1.54, 1.807) is 18.7 Å². The van der Waals surface area contributed by atoms with E-state index in [4.69, 9.17) is 4.74 Å². The maximum atomic E-state index is 13.4. The Morgan fingerprint density at radius 3 is 2.42 bits per heavy atom. The van der Waals surface area contributed by atoms with Crippen LogP contribution in [0.2, 0.25) is 0 Å². The minimum absolute atomic E-state index is 0.0192. The van der Waals surface area contributed by atoms with Crippen molar-refractivity contribution in [2.75, 3.05) is 6.54 Å². The third-order valence-corrected chi connectivity index (χ3v) is 7.48. The van der Waals surface area contributed by atoms with Crippen LogP contribution in [-0.4, -0.2) is 69.8 Å². The summed E-state index contributed by atoms with van der Waals surface area (Å²) in [5.74, 6) is -1.87. The fourth-order valence-electron chi connectivity index (χ4n) is 4.76. The summed E-state index contributed by atoms with van der Waals surface area (Å²) in [5.41, 5.74) is 0. The molecule has 0 radical (unpaired) electrons. The Hall–Kier alpha value is -1.67. The maximum Gasteiger partial charge on any atom is 0.329 e. The minimum Gasteiger partial charge on any atom is -0.460 e. The summed E-state index contributed by atoms with van der Waals surface area (Å²) in [5, 5.41) is 23.2. The van der Waals surface area contributed by atoms with Gasteiger partial charge in [-0.1, -0.05) is 47.0 Å². The van der Waals surface area contributed by atoms with Crippen LogP contribution in [0.3, 0.4) is 0 Å². The van der Waals surface area contributed by atoms with Crippen molar-refractivity contribution in [3.63, 3.8) is 0 Å². The van der Waals surface area contributed by atoms with Crippen molar-refractivity contribution in [2.24, 2.45) is 17.8 Å². The first-order valence-electron chi connectivity index (χ1n) is 12.7. The van der Waals surface area contributed by atoms with Gasteiger partial charge in [0.05, 0.1) is 18.1 Å². The second kappa shape index (κ2) is 12.7. The standard InChI is InChI=1S/C25H44N2O6/c1-6-15(2)22-24(31)27-13-9-12-19(27)25(32)33-21(14-20(29)18(5)23(30)26-22)16(3)10-7-8-11-17(4)28/h15-22,28-29H,6-14H2,1-5H3,(H,26,30). The molecule has 8 heteroatoms. The van der Waals surface area contributed by atoms with Gasteiger partial charge in [0.1, 0.15) is 18.2 Å². The Labute approximate surface area is 198 Å². The van der Waals surface area contributed by atoms with Crippen LogP contribution in [0, 0.1) is 17.8 Å². The van der Waals surface area contributed by atoms with Gasteiger partial charge in [0.2, 0.25) is 11.8 Å². The molecule has 2 saturated heterocycles. The number of rotatable bonds is 8. The number of ether oxygens (including phenoxy) is 1. The molecule has 0 saturated carbocycles. The Balaban J connectivity index is 2.24. The van der Waals surface area contributed by atoms with Crippen LogP contribution in [0.4, 0.5) is 0 Å². The fraction of sp³-hybridized carbons (Fsp3) is 0.880. The van der Waals surface area contributed by atoms with Crippen molar-refractivity contribution < 1.29 is 29.3 Å². The Morgan fingerprint density at radius 2 is 1.79 bits per heavy atom. The van der Waals surface area contributed by atoms with E-state index >= 15 is 0 Å². The second-order valence-corrected chi connectivity index (χ2v) is 10.2. The summed E-state index contributed by atoms with van der Waals surface area (Å²) >= 11 is 0. The molecule has 2 aliphatic rings. The molecule has 2 rings (SSSR count). The number of hydrogen-bond acceptors (Lipinski definition) is 6. The summed E-state index contributed by atoms with van der Waals surface area (Å²) in [6.07, 6.45) is 3.48. The van der Waals surface area contributed by atoms with Gasteiger partial charge in [-0.15, -0.1) is 0 Å². The number of cyclic esters (lactones) is 1. The summed E-state index contributed by atoms with van der Waals surface area (Å²) in [6, 6.07) is -1.38. The summed E-state index contributed by atoms with van der Waals surface area (Å²) in [4.78, 5) is 41.1. The van der Waals surface area contributed by atoms with E-state index in [2.05, 4.69) is 5.32 Å². The normalized spacial score (nSPS) is 32.2. The molecule has 2 aliphatic heterocycles. The predicted octanol–water partition coefficient (Wildman–Crippen LogP) is 2.40. The van der Waals surface area contributed by atoms with E-state index in [1.165, 1.54) is 0 Å². The van der Waals surface area contributed by atoms with Gasteiger partial charge in [0.15, 0.2) is 0 Å². The lowest BCUT2D eigenvalue weighted by molar-refractivity contribution is -0.164. The molecule has 0 aliphatic carbocycles. The zero-order valence-corrected chi connectivity index (χ0v) is 21.0. The molecule has 8 atom stereocenters. The van der Waals surface area contributed by atoms with Crippen LogP contribution in [0.15, 0.2) is 0 Å². The molecule has 3 N–H and O–H groups in total. The molecule has 33 heavy (non-hydrogen) atoms. The lowest BCUT2D eigenvalue weighted by Gasteiger charge is -2.35. The number of fused-ring (bicyclic) bond motifs is 1. The molecular formula is C25H44N2O6. The lowest BCUT2D eigenvalue weighted by Crippen LogP contribution is -2.56. The van der Waals surface area contributed by atoms with Gasteiger partial charge in [-0.25, -0.2) is 4.79 Å². The first-order chi connectivity index (χ1) is 15.6. The third-order valence-electron chi connectivity index (χ3n) is 7.48. The maximum absolute atomic E-state index is 13.4. The molecule has 8 nitrogen and oxygen atoms in total. The average molecular weight is 469 g/mol. The van der Waals surface area contributed by atoms with E-state index in [-0.39, 0.29) is 36.2 Å². The number of aliphatic hydroxyl groups is 2. The van der Waals surface area contributed by atoms with Crippen LogP contribution in [0.25, 0.3) is 0 Å². The predicted molar refractivity (Wildman–Crippen MR) is 125 cm³/mol. The fourth-order valence-corrected chi connectivity index (χ4v) is 4.76. The molecule has 8 unspecified atom stereocenters. The zero-order chi connectivity index (χ0) is 24.7. The van der Waals surface area contributed by atoms with E-state index in [0.29, 0.717) is 32.2 Å². The number of carbonyl (C=O) groups is 3. The monoisotopic (exact) mass is 468 g/mol. The molecule has 2 fully saturated rings. The first kappa shape index (κ1) is 27.6. The number of aliphatic hydroxyl groups excluding tert-OH is 2. The number of nitrogens with one attached hydrogen (secondary N) is 1. The topological polar surface area (TPSA) is 116 Å². The van der Waals surface area contributed by atoms with Gasteiger partial charge < -0.3 is 25.2 Å². The van der Waals surface area contributed by atoms with Crippen LogP contribution in [-0.2, 0) is 19.1 Å². The smallest absolute Gasteiger partial charge is 0.329 e. The highest BCUT2D eigenvalue weighted by molar-refractivity contribution is 5.92. The zero-order valence-electron chi connectivity index (χ0n) is 21.0. The SMILES string of the molecule is CCC(C)C1NC(=O)C(C)C(O)CC(C(C)CCCCC(C)O)OC(=O)C2CCCN2C1=O. The van der Waals surface area contributed by atoms with Crippen LogP contribution < -0.4 is 5.32 Å². The molecule has 0 aromatic heterocycles. The Bertz CT molecular complexity index is 669. The number of hydrogen-bond donors (Lipinski definition) is 3. The Kier molecular flexibility index (Phi) is 10.6. The third kappa shape index (κ3) is 7.41. The number of carbonyl (C=O) groups excluding carboxylic acids is 3. The summed E-state index contributed by atoms with van der Waals surface area (Å²) in [6.45, 7) is 9.74. The minimum atomic E-state index is -0.991.